The second-order valence-electron chi connectivity index (χ2n) is 4.73. The lowest BCUT2D eigenvalue weighted by atomic mass is 10.1. The summed E-state index contributed by atoms with van der Waals surface area (Å²) in [4.78, 5) is 1.99. The molecule has 0 aliphatic carbocycles. The van der Waals surface area contributed by atoms with E-state index in [1.165, 1.54) is 0 Å². The van der Waals surface area contributed by atoms with Crippen molar-refractivity contribution in [3.63, 3.8) is 0 Å². The SMILES string of the molecule is Cc1ccc(N)c(N(C)C2CCS(=O)(=O)C2)c1. The smallest absolute Gasteiger partial charge is 0.152 e. The molecule has 0 amide bonds. The highest BCUT2D eigenvalue weighted by molar-refractivity contribution is 7.91. The molecule has 0 aromatic heterocycles. The molecule has 4 nitrogen and oxygen atoms in total. The lowest BCUT2D eigenvalue weighted by Crippen LogP contribution is -2.33. The summed E-state index contributed by atoms with van der Waals surface area (Å²) in [6, 6.07) is 5.87. The molecular formula is C12H18N2O2S. The van der Waals surface area contributed by atoms with E-state index in [1.807, 2.05) is 37.1 Å². The molecule has 94 valence electrons. The van der Waals surface area contributed by atoms with E-state index < -0.39 is 9.84 Å². The van der Waals surface area contributed by atoms with E-state index in [1.54, 1.807) is 0 Å². The predicted octanol–water partition coefficient (Wildman–Crippen LogP) is 1.20. The van der Waals surface area contributed by atoms with Gasteiger partial charge >= 0.3 is 0 Å². The van der Waals surface area contributed by atoms with Crippen molar-refractivity contribution < 1.29 is 8.42 Å². The molecule has 17 heavy (non-hydrogen) atoms. The first kappa shape index (κ1) is 12.2. The van der Waals surface area contributed by atoms with Gasteiger partial charge in [-0.1, -0.05) is 6.07 Å². The third-order valence-corrected chi connectivity index (χ3v) is 5.07. The van der Waals surface area contributed by atoms with Crippen molar-refractivity contribution in [1.29, 1.82) is 0 Å². The van der Waals surface area contributed by atoms with Gasteiger partial charge in [-0.05, 0) is 31.0 Å². The average Bonchev–Trinajstić information content (AvgIpc) is 2.61. The molecule has 0 radical (unpaired) electrons. The second kappa shape index (κ2) is 4.22. The summed E-state index contributed by atoms with van der Waals surface area (Å²) in [6.45, 7) is 2.00. The molecule has 5 heteroatoms. The standard InChI is InChI=1S/C12H18N2O2S/c1-9-3-4-11(13)12(7-9)14(2)10-5-6-17(15,16)8-10/h3-4,7,10H,5-6,8,13H2,1-2H3. The highest BCUT2D eigenvalue weighted by Gasteiger charge is 2.31. The molecule has 0 spiro atoms. The Morgan fingerprint density at radius 1 is 1.41 bits per heavy atom. The first-order valence-corrected chi connectivity index (χ1v) is 7.50. The maximum atomic E-state index is 11.5. The number of aryl methyl sites for hydroxylation is 1. The zero-order chi connectivity index (χ0) is 12.6. The van der Waals surface area contributed by atoms with E-state index in [-0.39, 0.29) is 17.5 Å². The van der Waals surface area contributed by atoms with Crippen molar-refractivity contribution in [3.8, 4) is 0 Å². The average molecular weight is 254 g/mol. The lowest BCUT2D eigenvalue weighted by Gasteiger charge is -2.27. The van der Waals surface area contributed by atoms with Gasteiger partial charge in [-0.25, -0.2) is 8.42 Å². The molecule has 0 saturated carbocycles. The number of sulfone groups is 1. The molecule has 1 fully saturated rings. The van der Waals surface area contributed by atoms with Crippen molar-refractivity contribution in [2.75, 3.05) is 29.2 Å². The van der Waals surface area contributed by atoms with E-state index >= 15 is 0 Å². The van der Waals surface area contributed by atoms with Crippen LogP contribution in [-0.4, -0.2) is 33.0 Å². The molecular weight excluding hydrogens is 236 g/mol. The maximum absolute atomic E-state index is 11.5. The molecule has 1 saturated heterocycles. The van der Waals surface area contributed by atoms with E-state index in [9.17, 15) is 8.42 Å². The fourth-order valence-electron chi connectivity index (χ4n) is 2.24. The number of nitrogens with two attached hydrogens (primary N) is 1. The Morgan fingerprint density at radius 2 is 2.12 bits per heavy atom. The summed E-state index contributed by atoms with van der Waals surface area (Å²) >= 11 is 0. The zero-order valence-electron chi connectivity index (χ0n) is 10.2. The third kappa shape index (κ3) is 2.54. The van der Waals surface area contributed by atoms with E-state index in [0.29, 0.717) is 12.1 Å². The fraction of sp³-hybridized carbons (Fsp3) is 0.500. The van der Waals surface area contributed by atoms with Gasteiger partial charge in [-0.3, -0.25) is 0 Å². The summed E-state index contributed by atoms with van der Waals surface area (Å²) in [5, 5.41) is 0. The van der Waals surface area contributed by atoms with Gasteiger partial charge in [0.15, 0.2) is 9.84 Å². The number of benzene rings is 1. The first-order valence-electron chi connectivity index (χ1n) is 5.68. The van der Waals surface area contributed by atoms with Crippen LogP contribution in [0.3, 0.4) is 0 Å². The number of nitrogen functional groups attached to an aromatic ring is 1. The van der Waals surface area contributed by atoms with Gasteiger partial charge in [0.1, 0.15) is 0 Å². The van der Waals surface area contributed by atoms with Crippen molar-refractivity contribution in [1.82, 2.24) is 0 Å². The highest BCUT2D eigenvalue weighted by atomic mass is 32.2. The van der Waals surface area contributed by atoms with Gasteiger partial charge in [0, 0.05) is 13.1 Å². The minimum absolute atomic E-state index is 0.0455. The van der Waals surface area contributed by atoms with E-state index in [4.69, 9.17) is 5.73 Å². The van der Waals surface area contributed by atoms with Crippen molar-refractivity contribution >= 4 is 21.2 Å². The van der Waals surface area contributed by atoms with Crippen LogP contribution in [0.1, 0.15) is 12.0 Å². The number of hydrogen-bond acceptors (Lipinski definition) is 4. The molecule has 1 heterocycles. The van der Waals surface area contributed by atoms with Crippen LogP contribution in [0.5, 0.6) is 0 Å². The Bertz CT molecular complexity index is 525. The minimum atomic E-state index is -2.85. The van der Waals surface area contributed by atoms with Crippen LogP contribution < -0.4 is 10.6 Å². The molecule has 2 N–H and O–H groups in total. The maximum Gasteiger partial charge on any atom is 0.152 e. The Balaban J connectivity index is 2.26. The van der Waals surface area contributed by atoms with Crippen LogP contribution in [0.15, 0.2) is 18.2 Å². The topological polar surface area (TPSA) is 63.4 Å². The largest absolute Gasteiger partial charge is 0.397 e. The van der Waals surface area contributed by atoms with Crippen LogP contribution >= 0.6 is 0 Å². The summed E-state index contributed by atoms with van der Waals surface area (Å²) in [5.41, 5.74) is 8.68. The molecule has 2 rings (SSSR count). The minimum Gasteiger partial charge on any atom is -0.397 e. The molecule has 1 aliphatic heterocycles. The van der Waals surface area contributed by atoms with Gasteiger partial charge < -0.3 is 10.6 Å². The van der Waals surface area contributed by atoms with Crippen LogP contribution in [0, 0.1) is 6.92 Å². The van der Waals surface area contributed by atoms with E-state index in [0.717, 1.165) is 11.3 Å². The van der Waals surface area contributed by atoms with Gasteiger partial charge in [0.05, 0.1) is 22.9 Å². The summed E-state index contributed by atoms with van der Waals surface area (Å²) in [5.74, 6) is 0.518. The quantitative estimate of drug-likeness (QED) is 0.806. The van der Waals surface area contributed by atoms with Crippen LogP contribution in [0.2, 0.25) is 0 Å². The van der Waals surface area contributed by atoms with Crippen LogP contribution in [0.25, 0.3) is 0 Å². The number of rotatable bonds is 2. The van der Waals surface area contributed by atoms with Crippen LogP contribution in [-0.2, 0) is 9.84 Å². The Hall–Kier alpha value is -1.23. The van der Waals surface area contributed by atoms with Gasteiger partial charge in [-0.15, -0.1) is 0 Å². The van der Waals surface area contributed by atoms with Gasteiger partial charge in [0.2, 0.25) is 0 Å². The molecule has 1 unspecified atom stereocenters. The van der Waals surface area contributed by atoms with Crippen molar-refractivity contribution in [3.05, 3.63) is 23.8 Å². The molecule has 0 bridgehead atoms. The normalized spacial score (nSPS) is 22.6. The molecule has 1 atom stereocenters. The first-order chi connectivity index (χ1) is 7.89. The van der Waals surface area contributed by atoms with Crippen molar-refractivity contribution in [2.24, 2.45) is 0 Å². The van der Waals surface area contributed by atoms with E-state index in [2.05, 4.69) is 0 Å². The molecule has 1 aromatic carbocycles. The van der Waals surface area contributed by atoms with Crippen molar-refractivity contribution in [2.45, 2.75) is 19.4 Å². The summed E-state index contributed by atoms with van der Waals surface area (Å²) < 4.78 is 22.9. The highest BCUT2D eigenvalue weighted by Crippen LogP contribution is 2.28. The van der Waals surface area contributed by atoms with Crippen LogP contribution in [0.4, 0.5) is 11.4 Å². The Morgan fingerprint density at radius 3 is 2.71 bits per heavy atom. The van der Waals surface area contributed by atoms with Gasteiger partial charge in [-0.2, -0.15) is 0 Å². The predicted molar refractivity (Wildman–Crippen MR) is 71.1 cm³/mol. The monoisotopic (exact) mass is 254 g/mol. The Labute approximate surface area is 102 Å². The lowest BCUT2D eigenvalue weighted by molar-refractivity contribution is 0.601. The number of hydrogen-bond donors (Lipinski definition) is 1. The zero-order valence-corrected chi connectivity index (χ0v) is 11.0. The second-order valence-corrected chi connectivity index (χ2v) is 6.96. The number of nitrogens with zero attached hydrogens (tertiary/aromatic N) is 1. The summed E-state index contributed by atoms with van der Waals surface area (Å²) in [6.07, 6.45) is 0.687. The third-order valence-electron chi connectivity index (χ3n) is 3.32. The fourth-order valence-corrected chi connectivity index (χ4v) is 4.01. The van der Waals surface area contributed by atoms with Gasteiger partial charge in [0.25, 0.3) is 0 Å². The number of anilines is 2. The summed E-state index contributed by atoms with van der Waals surface area (Å²) in [7, 11) is -0.941. The molecule has 1 aromatic rings. The molecule has 1 aliphatic rings. The Kier molecular flexibility index (Phi) is 3.03.